The minimum absolute atomic E-state index is 0.188. The molecule has 0 aromatic rings. The Morgan fingerprint density at radius 3 is 1.15 bits per heavy atom. The van der Waals surface area contributed by atoms with E-state index in [1.165, 1.54) is 238 Å². The van der Waals surface area contributed by atoms with Gasteiger partial charge < -0.3 is 40.3 Å². The zero-order valence-corrected chi connectivity index (χ0v) is 47.9. The van der Waals surface area contributed by atoms with Crippen LogP contribution in [0.1, 0.15) is 309 Å². The molecule has 7 unspecified atom stereocenters. The van der Waals surface area contributed by atoms with Crippen molar-refractivity contribution in [2.75, 3.05) is 13.2 Å². The van der Waals surface area contributed by atoms with Crippen molar-refractivity contribution in [2.24, 2.45) is 0 Å². The van der Waals surface area contributed by atoms with Gasteiger partial charge in [0.2, 0.25) is 5.91 Å². The van der Waals surface area contributed by atoms with Crippen LogP contribution in [0, 0.1) is 0 Å². The molecule has 0 radical (unpaired) electrons. The third kappa shape index (κ3) is 43.1. The molecule has 0 aromatic carbocycles. The second kappa shape index (κ2) is 53.8. The van der Waals surface area contributed by atoms with E-state index in [-0.39, 0.29) is 12.5 Å². The van der Waals surface area contributed by atoms with E-state index in [2.05, 4.69) is 43.5 Å². The number of aliphatic hydroxyl groups is 5. The molecule has 430 valence electrons. The van der Waals surface area contributed by atoms with E-state index in [0.29, 0.717) is 6.42 Å². The molecule has 9 heteroatoms. The molecule has 1 fully saturated rings. The standard InChI is InChI=1S/C64H121NO8/c1-3-5-7-9-11-13-15-17-19-21-23-24-25-26-27-28-29-30-31-32-33-34-35-36-37-39-41-43-45-47-49-51-53-58(67)57(56-72-64-63(71)62(70)61(69)59(55-66)73-64)65-60(68)54-52-50-48-46-44-42-40-38-22-20-18-16-14-12-10-8-6-4-2/h20,22,43,45,51,53,57-59,61-64,66-67,69-71H,3-19,21,23-42,44,46-50,52,54-56H2,1-2H3,(H,65,68)/b22-20-,45-43+,53-51+. The first-order chi connectivity index (χ1) is 35.8. The van der Waals surface area contributed by atoms with Crippen molar-refractivity contribution >= 4 is 5.91 Å². The van der Waals surface area contributed by atoms with Gasteiger partial charge in [-0.15, -0.1) is 0 Å². The van der Waals surface area contributed by atoms with Crippen LogP contribution in [-0.4, -0.2) is 87.5 Å². The van der Waals surface area contributed by atoms with Gasteiger partial charge in [0.05, 0.1) is 25.4 Å². The fourth-order valence-electron chi connectivity index (χ4n) is 10.2. The summed E-state index contributed by atoms with van der Waals surface area (Å²) in [7, 11) is 0. The zero-order valence-electron chi connectivity index (χ0n) is 47.9. The van der Waals surface area contributed by atoms with Gasteiger partial charge in [-0.3, -0.25) is 4.79 Å². The third-order valence-electron chi connectivity index (χ3n) is 15.2. The molecule has 7 atom stereocenters. The summed E-state index contributed by atoms with van der Waals surface area (Å²) in [6.45, 7) is 3.79. The van der Waals surface area contributed by atoms with Crippen LogP contribution < -0.4 is 5.32 Å². The summed E-state index contributed by atoms with van der Waals surface area (Å²) in [5, 5.41) is 54.6. The molecule has 1 aliphatic heterocycles. The Balaban J connectivity index is 2.17. The molecule has 1 saturated heterocycles. The summed E-state index contributed by atoms with van der Waals surface area (Å²) in [6, 6.07) is -0.824. The van der Waals surface area contributed by atoms with E-state index in [9.17, 15) is 30.3 Å². The summed E-state index contributed by atoms with van der Waals surface area (Å²) in [5.74, 6) is -0.188. The van der Waals surface area contributed by atoms with Crippen LogP contribution in [0.15, 0.2) is 36.5 Å². The number of hydrogen-bond donors (Lipinski definition) is 6. The number of nitrogens with one attached hydrogen (secondary N) is 1. The minimum Gasteiger partial charge on any atom is -0.394 e. The smallest absolute Gasteiger partial charge is 0.220 e. The topological polar surface area (TPSA) is 149 Å². The van der Waals surface area contributed by atoms with E-state index >= 15 is 0 Å². The largest absolute Gasteiger partial charge is 0.394 e. The lowest BCUT2D eigenvalue weighted by molar-refractivity contribution is -0.302. The molecule has 1 heterocycles. The lowest BCUT2D eigenvalue weighted by Gasteiger charge is -2.40. The first kappa shape index (κ1) is 69.4. The summed E-state index contributed by atoms with van der Waals surface area (Å²) in [5.41, 5.74) is 0. The third-order valence-corrected chi connectivity index (χ3v) is 15.2. The van der Waals surface area contributed by atoms with Crippen LogP contribution in [0.5, 0.6) is 0 Å². The highest BCUT2D eigenvalue weighted by Gasteiger charge is 2.44. The molecular formula is C64H121NO8. The Kier molecular flexibility index (Phi) is 51.2. The maximum atomic E-state index is 13.1. The van der Waals surface area contributed by atoms with Gasteiger partial charge in [-0.25, -0.2) is 0 Å². The van der Waals surface area contributed by atoms with Crippen molar-refractivity contribution in [3.63, 3.8) is 0 Å². The van der Waals surface area contributed by atoms with Gasteiger partial charge in [0.25, 0.3) is 0 Å². The summed E-state index contributed by atoms with van der Waals surface area (Å²) >= 11 is 0. The lowest BCUT2D eigenvalue weighted by Crippen LogP contribution is -2.60. The van der Waals surface area contributed by atoms with E-state index in [1.54, 1.807) is 6.08 Å². The number of hydrogen-bond acceptors (Lipinski definition) is 8. The molecule has 0 saturated carbocycles. The predicted octanol–water partition coefficient (Wildman–Crippen LogP) is 16.3. The summed E-state index contributed by atoms with van der Waals surface area (Å²) in [6.07, 6.45) is 63.8. The Hall–Kier alpha value is -1.59. The number of rotatable bonds is 55. The van der Waals surface area contributed by atoms with Gasteiger partial charge in [-0.2, -0.15) is 0 Å². The van der Waals surface area contributed by atoms with Crippen LogP contribution in [0.2, 0.25) is 0 Å². The summed E-state index contributed by atoms with van der Waals surface area (Å²) < 4.78 is 11.3. The minimum atomic E-state index is -1.57. The number of carbonyl (C=O) groups is 1. The van der Waals surface area contributed by atoms with Gasteiger partial charge in [0.15, 0.2) is 6.29 Å². The molecule has 0 bridgehead atoms. The van der Waals surface area contributed by atoms with Crippen LogP contribution in [-0.2, 0) is 14.3 Å². The van der Waals surface area contributed by atoms with Crippen molar-refractivity contribution in [3.05, 3.63) is 36.5 Å². The average molecular weight is 1030 g/mol. The Morgan fingerprint density at radius 2 is 0.781 bits per heavy atom. The van der Waals surface area contributed by atoms with E-state index in [1.807, 2.05) is 6.08 Å². The quantitative estimate of drug-likeness (QED) is 0.0261. The number of amides is 1. The van der Waals surface area contributed by atoms with Gasteiger partial charge in [-0.05, 0) is 57.8 Å². The molecule has 0 aliphatic carbocycles. The monoisotopic (exact) mass is 1030 g/mol. The zero-order chi connectivity index (χ0) is 52.9. The van der Waals surface area contributed by atoms with Crippen molar-refractivity contribution in [1.82, 2.24) is 5.32 Å². The first-order valence-electron chi connectivity index (χ1n) is 31.7. The highest BCUT2D eigenvalue weighted by Crippen LogP contribution is 2.23. The normalized spacial score (nSPS) is 19.2. The molecule has 6 N–H and O–H groups in total. The highest BCUT2D eigenvalue weighted by atomic mass is 16.7. The van der Waals surface area contributed by atoms with Crippen LogP contribution in [0.25, 0.3) is 0 Å². The van der Waals surface area contributed by atoms with Crippen LogP contribution in [0.3, 0.4) is 0 Å². The van der Waals surface area contributed by atoms with Crippen molar-refractivity contribution in [2.45, 2.75) is 352 Å². The van der Waals surface area contributed by atoms with Gasteiger partial charge in [-0.1, -0.05) is 281 Å². The maximum absolute atomic E-state index is 13.1. The molecule has 1 amide bonds. The predicted molar refractivity (Wildman–Crippen MR) is 309 cm³/mol. The number of aliphatic hydroxyl groups excluding tert-OH is 5. The fourth-order valence-corrected chi connectivity index (χ4v) is 10.2. The molecule has 0 aromatic heterocycles. The van der Waals surface area contributed by atoms with Crippen molar-refractivity contribution < 1.29 is 39.8 Å². The SMILES string of the molecule is CCCCCCCCC/C=C\CCCCCCCCCC(=O)NC(COC1OC(CO)C(O)C(O)C1O)C(O)/C=C/CC/C=C/CCCCCCCCCCCCCCCCCCCCCCCCCCCC. The number of carbonyl (C=O) groups excluding carboxylic acids is 1. The fraction of sp³-hybridized carbons (Fsp3) is 0.891. The van der Waals surface area contributed by atoms with Crippen molar-refractivity contribution in [1.29, 1.82) is 0 Å². The Bertz CT molecular complexity index is 1240. The van der Waals surface area contributed by atoms with Crippen LogP contribution in [0.4, 0.5) is 0 Å². The summed E-state index contributed by atoms with van der Waals surface area (Å²) in [4.78, 5) is 13.1. The van der Waals surface area contributed by atoms with Gasteiger partial charge >= 0.3 is 0 Å². The van der Waals surface area contributed by atoms with E-state index < -0.39 is 49.5 Å². The van der Waals surface area contributed by atoms with E-state index in [0.717, 1.165) is 51.4 Å². The Morgan fingerprint density at radius 1 is 0.452 bits per heavy atom. The molecule has 1 aliphatic rings. The van der Waals surface area contributed by atoms with E-state index in [4.69, 9.17) is 9.47 Å². The van der Waals surface area contributed by atoms with Gasteiger partial charge in [0.1, 0.15) is 24.4 Å². The molecule has 1 rings (SSSR count). The average Bonchev–Trinajstić information content (AvgIpc) is 3.39. The highest BCUT2D eigenvalue weighted by molar-refractivity contribution is 5.76. The lowest BCUT2D eigenvalue weighted by atomic mass is 9.99. The molecule has 9 nitrogen and oxygen atoms in total. The second-order valence-corrected chi connectivity index (χ2v) is 22.2. The molecule has 0 spiro atoms. The maximum Gasteiger partial charge on any atom is 0.220 e. The van der Waals surface area contributed by atoms with Gasteiger partial charge in [0, 0.05) is 6.42 Å². The Labute approximate surface area is 451 Å². The number of allylic oxidation sites excluding steroid dienone is 5. The first-order valence-corrected chi connectivity index (χ1v) is 31.7. The van der Waals surface area contributed by atoms with Crippen LogP contribution >= 0.6 is 0 Å². The molecule has 73 heavy (non-hydrogen) atoms. The molecular weight excluding hydrogens is 911 g/mol. The van der Waals surface area contributed by atoms with Crippen molar-refractivity contribution in [3.8, 4) is 0 Å². The number of unbranched alkanes of at least 4 members (excludes halogenated alkanes) is 41. The second-order valence-electron chi connectivity index (χ2n) is 22.2. The number of ether oxygens (including phenoxy) is 2.